The van der Waals surface area contributed by atoms with Crippen LogP contribution in [0, 0.1) is 19.7 Å². The molecule has 0 fully saturated rings. The quantitative estimate of drug-likeness (QED) is 0.497. The summed E-state index contributed by atoms with van der Waals surface area (Å²) in [5.41, 5.74) is 6.74. The van der Waals surface area contributed by atoms with Crippen LogP contribution >= 0.6 is 0 Å². The van der Waals surface area contributed by atoms with Crippen molar-refractivity contribution in [3.05, 3.63) is 100 Å². The third-order valence-electron chi connectivity index (χ3n) is 4.19. The molecule has 0 aromatic heterocycles. The Bertz CT molecular complexity index is 960. The molecule has 0 atom stereocenters. The maximum absolute atomic E-state index is 13.0. The molecule has 3 aromatic rings. The van der Waals surface area contributed by atoms with E-state index in [0.29, 0.717) is 12.2 Å². The normalized spacial score (nSPS) is 10.8. The van der Waals surface area contributed by atoms with Gasteiger partial charge in [0.15, 0.2) is 0 Å². The highest BCUT2D eigenvalue weighted by atomic mass is 19.1. The van der Waals surface area contributed by atoms with Gasteiger partial charge in [0.2, 0.25) is 0 Å². The summed E-state index contributed by atoms with van der Waals surface area (Å²) in [6.45, 7) is 4.27. The highest BCUT2D eigenvalue weighted by Gasteiger charge is 2.07. The molecule has 0 saturated heterocycles. The summed E-state index contributed by atoms with van der Waals surface area (Å²) < 4.78 is 18.9. The number of nitrogens with one attached hydrogen (secondary N) is 1. The molecule has 1 N–H and O–H groups in total. The van der Waals surface area contributed by atoms with Crippen LogP contribution in [0.4, 0.5) is 4.39 Å². The Labute approximate surface area is 163 Å². The third-order valence-corrected chi connectivity index (χ3v) is 4.19. The van der Waals surface area contributed by atoms with Crippen LogP contribution in [0.2, 0.25) is 0 Å². The zero-order valence-corrected chi connectivity index (χ0v) is 15.8. The van der Waals surface area contributed by atoms with Gasteiger partial charge in [-0.2, -0.15) is 5.10 Å². The number of carbonyl (C=O) groups is 1. The van der Waals surface area contributed by atoms with Gasteiger partial charge in [0, 0.05) is 5.56 Å². The lowest BCUT2D eigenvalue weighted by atomic mass is 10.1. The van der Waals surface area contributed by atoms with Crippen molar-refractivity contribution in [1.82, 2.24) is 5.43 Å². The first-order chi connectivity index (χ1) is 13.5. The molecule has 4 nitrogen and oxygen atoms in total. The standard InChI is InChI=1S/C23H21FN2O2/c1-16-12-19(14-25-26-23(27)20-6-4-3-5-7-20)13-17(2)22(16)28-15-18-8-10-21(24)11-9-18/h3-14H,15H2,1-2H3,(H,26,27)/b25-14-. The average molecular weight is 376 g/mol. The minimum Gasteiger partial charge on any atom is -0.488 e. The first-order valence-corrected chi connectivity index (χ1v) is 8.90. The van der Waals surface area contributed by atoms with Crippen molar-refractivity contribution in [3.8, 4) is 5.75 Å². The van der Waals surface area contributed by atoms with Crippen molar-refractivity contribution in [2.24, 2.45) is 5.10 Å². The molecule has 0 aliphatic heterocycles. The molecule has 1 amide bonds. The summed E-state index contributed by atoms with van der Waals surface area (Å²) in [7, 11) is 0. The number of amides is 1. The number of rotatable bonds is 6. The summed E-state index contributed by atoms with van der Waals surface area (Å²) >= 11 is 0. The Balaban J connectivity index is 1.64. The molecule has 3 aromatic carbocycles. The van der Waals surface area contributed by atoms with Crippen LogP contribution in [0.3, 0.4) is 0 Å². The van der Waals surface area contributed by atoms with E-state index < -0.39 is 0 Å². The summed E-state index contributed by atoms with van der Waals surface area (Å²) in [5, 5.41) is 4.03. The van der Waals surface area contributed by atoms with E-state index in [2.05, 4.69) is 10.5 Å². The molecule has 142 valence electrons. The minimum absolute atomic E-state index is 0.260. The van der Waals surface area contributed by atoms with E-state index in [1.165, 1.54) is 12.1 Å². The SMILES string of the molecule is Cc1cc(/C=N\NC(=O)c2ccccc2)cc(C)c1OCc1ccc(F)cc1. The molecule has 3 rings (SSSR count). The number of carbonyl (C=O) groups excluding carboxylic acids is 1. The van der Waals surface area contributed by atoms with Crippen molar-refractivity contribution in [2.45, 2.75) is 20.5 Å². The maximum atomic E-state index is 13.0. The predicted octanol–water partition coefficient (Wildman–Crippen LogP) is 4.79. The van der Waals surface area contributed by atoms with Gasteiger partial charge in [-0.25, -0.2) is 9.82 Å². The van der Waals surface area contributed by atoms with Gasteiger partial charge >= 0.3 is 0 Å². The second-order valence-electron chi connectivity index (χ2n) is 6.46. The molecule has 0 saturated carbocycles. The highest BCUT2D eigenvalue weighted by molar-refractivity contribution is 5.94. The third kappa shape index (κ3) is 5.04. The summed E-state index contributed by atoms with van der Waals surface area (Å²) in [6, 6.07) is 19.0. The monoisotopic (exact) mass is 376 g/mol. The number of hydrogen-bond donors (Lipinski definition) is 1. The number of benzene rings is 3. The first kappa shape index (κ1) is 19.3. The fourth-order valence-corrected chi connectivity index (χ4v) is 2.84. The van der Waals surface area contributed by atoms with Crippen LogP contribution in [-0.4, -0.2) is 12.1 Å². The van der Waals surface area contributed by atoms with Gasteiger partial charge in [0.1, 0.15) is 18.2 Å². The molecule has 0 radical (unpaired) electrons. The molecule has 0 heterocycles. The number of hydrogen-bond acceptors (Lipinski definition) is 3. The molecule has 5 heteroatoms. The van der Waals surface area contributed by atoms with E-state index in [1.54, 1.807) is 42.6 Å². The van der Waals surface area contributed by atoms with Crippen LogP contribution in [0.25, 0.3) is 0 Å². The Morgan fingerprint density at radius 3 is 2.32 bits per heavy atom. The molecule has 0 aliphatic carbocycles. The number of nitrogens with zero attached hydrogens (tertiary/aromatic N) is 1. The minimum atomic E-state index is -0.265. The molecular weight excluding hydrogens is 355 g/mol. The Morgan fingerprint density at radius 1 is 1.04 bits per heavy atom. The summed E-state index contributed by atoms with van der Waals surface area (Å²) in [5.74, 6) is 0.262. The lowest BCUT2D eigenvalue weighted by Gasteiger charge is -2.13. The van der Waals surface area contributed by atoms with E-state index in [4.69, 9.17) is 4.74 Å². The lowest BCUT2D eigenvalue weighted by Crippen LogP contribution is -2.17. The van der Waals surface area contributed by atoms with Gasteiger partial charge < -0.3 is 4.74 Å². The zero-order valence-electron chi connectivity index (χ0n) is 15.8. The van der Waals surface area contributed by atoms with Crippen LogP contribution in [0.1, 0.15) is 32.6 Å². The molecule has 28 heavy (non-hydrogen) atoms. The number of hydrazone groups is 1. The summed E-state index contributed by atoms with van der Waals surface area (Å²) in [6.07, 6.45) is 1.60. The van der Waals surface area contributed by atoms with E-state index in [9.17, 15) is 9.18 Å². The Morgan fingerprint density at radius 2 is 1.68 bits per heavy atom. The van der Waals surface area contributed by atoms with Crippen molar-refractivity contribution in [3.63, 3.8) is 0 Å². The largest absolute Gasteiger partial charge is 0.488 e. The molecule has 0 bridgehead atoms. The van der Waals surface area contributed by atoms with Crippen LogP contribution in [0.15, 0.2) is 71.8 Å². The predicted molar refractivity (Wildman–Crippen MR) is 108 cm³/mol. The van der Waals surface area contributed by atoms with Crippen molar-refractivity contribution >= 4 is 12.1 Å². The Hall–Kier alpha value is -3.47. The topological polar surface area (TPSA) is 50.7 Å². The van der Waals surface area contributed by atoms with E-state index in [0.717, 1.165) is 28.0 Å². The number of ether oxygens (including phenoxy) is 1. The second kappa shape index (κ2) is 8.95. The second-order valence-corrected chi connectivity index (χ2v) is 6.46. The first-order valence-electron chi connectivity index (χ1n) is 8.90. The fraction of sp³-hybridized carbons (Fsp3) is 0.130. The van der Waals surface area contributed by atoms with Gasteiger partial charge in [-0.15, -0.1) is 0 Å². The van der Waals surface area contributed by atoms with Crippen LogP contribution < -0.4 is 10.2 Å². The zero-order chi connectivity index (χ0) is 19.9. The molecular formula is C23H21FN2O2. The van der Waals surface area contributed by atoms with E-state index in [-0.39, 0.29) is 11.7 Å². The van der Waals surface area contributed by atoms with Crippen LogP contribution in [0.5, 0.6) is 5.75 Å². The van der Waals surface area contributed by atoms with E-state index >= 15 is 0 Å². The van der Waals surface area contributed by atoms with E-state index in [1.807, 2.05) is 32.0 Å². The van der Waals surface area contributed by atoms with Gasteiger partial charge in [-0.05, 0) is 72.5 Å². The fourth-order valence-electron chi connectivity index (χ4n) is 2.84. The molecule has 0 spiro atoms. The van der Waals surface area contributed by atoms with Crippen molar-refractivity contribution in [1.29, 1.82) is 0 Å². The molecule has 0 aliphatic rings. The number of aryl methyl sites for hydroxylation is 2. The van der Waals surface area contributed by atoms with Gasteiger partial charge in [0.05, 0.1) is 6.21 Å². The van der Waals surface area contributed by atoms with Crippen LogP contribution in [-0.2, 0) is 6.61 Å². The molecule has 0 unspecified atom stereocenters. The Kier molecular flexibility index (Phi) is 6.17. The maximum Gasteiger partial charge on any atom is 0.271 e. The van der Waals surface area contributed by atoms with Gasteiger partial charge in [0.25, 0.3) is 5.91 Å². The summed E-state index contributed by atoms with van der Waals surface area (Å²) in [4.78, 5) is 12.0. The van der Waals surface area contributed by atoms with Crippen molar-refractivity contribution < 1.29 is 13.9 Å². The lowest BCUT2D eigenvalue weighted by molar-refractivity contribution is 0.0955. The number of halogens is 1. The van der Waals surface area contributed by atoms with Gasteiger partial charge in [-0.1, -0.05) is 30.3 Å². The van der Waals surface area contributed by atoms with Crippen molar-refractivity contribution in [2.75, 3.05) is 0 Å². The average Bonchev–Trinajstić information content (AvgIpc) is 2.69. The smallest absolute Gasteiger partial charge is 0.271 e. The van der Waals surface area contributed by atoms with Gasteiger partial charge in [-0.3, -0.25) is 4.79 Å². The highest BCUT2D eigenvalue weighted by Crippen LogP contribution is 2.25.